The Labute approximate surface area is 105 Å². The van der Waals surface area contributed by atoms with Crippen molar-refractivity contribution >= 4 is 17.5 Å². The van der Waals surface area contributed by atoms with Crippen LogP contribution < -0.4 is 4.74 Å². The maximum atomic E-state index is 13.5. The molecule has 0 unspecified atom stereocenters. The summed E-state index contributed by atoms with van der Waals surface area (Å²) in [6.07, 6.45) is 0. The molecular formula is C12H15ClFNO2. The number of hydrogen-bond donors (Lipinski definition) is 0. The van der Waals surface area contributed by atoms with Gasteiger partial charge in [0.2, 0.25) is 5.91 Å². The zero-order valence-electron chi connectivity index (χ0n) is 9.87. The van der Waals surface area contributed by atoms with Crippen molar-refractivity contribution in [2.45, 2.75) is 13.5 Å². The van der Waals surface area contributed by atoms with Crippen LogP contribution in [0, 0.1) is 5.82 Å². The molecule has 0 atom stereocenters. The number of hydrogen-bond acceptors (Lipinski definition) is 2. The van der Waals surface area contributed by atoms with Crippen LogP contribution in [0.3, 0.4) is 0 Å². The number of carbonyl (C=O) groups is 1. The molecule has 0 aliphatic rings. The number of amides is 1. The van der Waals surface area contributed by atoms with Crippen molar-refractivity contribution in [3.63, 3.8) is 0 Å². The Balaban J connectivity index is 2.73. The number of halogens is 2. The van der Waals surface area contributed by atoms with E-state index in [-0.39, 0.29) is 17.5 Å². The van der Waals surface area contributed by atoms with E-state index in [1.807, 2.05) is 0 Å². The zero-order chi connectivity index (χ0) is 12.8. The van der Waals surface area contributed by atoms with Crippen LogP contribution in [0.15, 0.2) is 18.2 Å². The van der Waals surface area contributed by atoms with E-state index in [4.69, 9.17) is 16.3 Å². The summed E-state index contributed by atoms with van der Waals surface area (Å²) in [5.41, 5.74) is 0.701. The van der Waals surface area contributed by atoms with Gasteiger partial charge in [-0.1, -0.05) is 6.07 Å². The summed E-state index contributed by atoms with van der Waals surface area (Å²) >= 11 is 5.43. The Morgan fingerprint density at radius 2 is 2.24 bits per heavy atom. The first-order valence-electron chi connectivity index (χ1n) is 5.29. The van der Waals surface area contributed by atoms with Crippen LogP contribution in [0.4, 0.5) is 4.39 Å². The molecule has 0 aliphatic heterocycles. The smallest absolute Gasteiger partial charge is 0.237 e. The highest BCUT2D eigenvalue weighted by molar-refractivity contribution is 6.27. The van der Waals surface area contributed by atoms with Crippen molar-refractivity contribution in [2.75, 3.05) is 19.5 Å². The van der Waals surface area contributed by atoms with E-state index in [1.165, 1.54) is 11.0 Å². The lowest BCUT2D eigenvalue weighted by Crippen LogP contribution is -2.27. The fourth-order valence-electron chi connectivity index (χ4n) is 1.38. The number of rotatable bonds is 5. The predicted octanol–water partition coefficient (Wildman–Crippen LogP) is 2.42. The van der Waals surface area contributed by atoms with Crippen molar-refractivity contribution in [1.82, 2.24) is 4.90 Å². The molecule has 1 aromatic rings. The van der Waals surface area contributed by atoms with E-state index in [9.17, 15) is 9.18 Å². The Morgan fingerprint density at radius 1 is 1.53 bits per heavy atom. The summed E-state index contributed by atoms with van der Waals surface area (Å²) in [6, 6.07) is 4.66. The fourth-order valence-corrected chi connectivity index (χ4v) is 1.58. The first-order chi connectivity index (χ1) is 8.08. The van der Waals surface area contributed by atoms with E-state index in [0.717, 1.165) is 0 Å². The minimum absolute atomic E-state index is 0.0734. The summed E-state index contributed by atoms with van der Waals surface area (Å²) in [5.74, 6) is -0.463. The first kappa shape index (κ1) is 13.8. The summed E-state index contributed by atoms with van der Waals surface area (Å²) < 4.78 is 18.6. The normalized spacial score (nSPS) is 10.1. The monoisotopic (exact) mass is 259 g/mol. The molecule has 17 heavy (non-hydrogen) atoms. The second kappa shape index (κ2) is 6.45. The largest absolute Gasteiger partial charge is 0.491 e. The van der Waals surface area contributed by atoms with Crippen LogP contribution >= 0.6 is 11.6 Å². The second-order valence-corrected chi connectivity index (χ2v) is 3.85. The van der Waals surface area contributed by atoms with Gasteiger partial charge in [0.1, 0.15) is 5.88 Å². The Bertz CT molecular complexity index is 398. The molecule has 1 rings (SSSR count). The van der Waals surface area contributed by atoms with Crippen molar-refractivity contribution in [1.29, 1.82) is 0 Å². The van der Waals surface area contributed by atoms with Gasteiger partial charge in [-0.05, 0) is 24.6 Å². The molecule has 0 aromatic heterocycles. The van der Waals surface area contributed by atoms with Crippen molar-refractivity contribution in [2.24, 2.45) is 0 Å². The number of nitrogens with zero attached hydrogens (tertiary/aromatic N) is 1. The molecule has 0 spiro atoms. The van der Waals surface area contributed by atoms with Crippen LogP contribution in [-0.2, 0) is 11.3 Å². The van der Waals surface area contributed by atoms with Gasteiger partial charge in [0.15, 0.2) is 11.6 Å². The minimum atomic E-state index is -0.420. The van der Waals surface area contributed by atoms with E-state index >= 15 is 0 Å². The molecular weight excluding hydrogens is 245 g/mol. The topological polar surface area (TPSA) is 29.5 Å². The van der Waals surface area contributed by atoms with Crippen molar-refractivity contribution < 1.29 is 13.9 Å². The molecule has 0 heterocycles. The predicted molar refractivity (Wildman–Crippen MR) is 64.8 cm³/mol. The lowest BCUT2D eigenvalue weighted by molar-refractivity contribution is -0.127. The third-order valence-electron chi connectivity index (χ3n) is 2.26. The molecule has 0 bridgehead atoms. The fraction of sp³-hybridized carbons (Fsp3) is 0.417. The van der Waals surface area contributed by atoms with Gasteiger partial charge in [0, 0.05) is 13.6 Å². The highest BCUT2D eigenvalue weighted by Crippen LogP contribution is 2.19. The second-order valence-electron chi connectivity index (χ2n) is 3.58. The highest BCUT2D eigenvalue weighted by atomic mass is 35.5. The molecule has 1 amide bonds. The van der Waals surface area contributed by atoms with Crippen LogP contribution in [0.25, 0.3) is 0 Å². The van der Waals surface area contributed by atoms with Crippen molar-refractivity contribution in [3.05, 3.63) is 29.6 Å². The van der Waals surface area contributed by atoms with Gasteiger partial charge in [-0.2, -0.15) is 0 Å². The molecule has 5 heteroatoms. The maximum Gasteiger partial charge on any atom is 0.237 e. The summed E-state index contributed by atoms with van der Waals surface area (Å²) in [5, 5.41) is 0. The average molecular weight is 260 g/mol. The molecule has 0 fully saturated rings. The summed E-state index contributed by atoms with van der Waals surface area (Å²) in [7, 11) is 1.62. The molecule has 0 aliphatic carbocycles. The molecule has 94 valence electrons. The van der Waals surface area contributed by atoms with Gasteiger partial charge in [-0.25, -0.2) is 4.39 Å². The SMILES string of the molecule is CCOc1ccc(CN(C)C(=O)CCl)cc1F. The van der Waals surface area contributed by atoms with Gasteiger partial charge in [0.05, 0.1) is 6.61 Å². The Morgan fingerprint density at radius 3 is 2.76 bits per heavy atom. The summed E-state index contributed by atoms with van der Waals surface area (Å²) in [4.78, 5) is 12.7. The Hall–Kier alpha value is -1.29. The van der Waals surface area contributed by atoms with E-state index in [2.05, 4.69) is 0 Å². The molecule has 0 N–H and O–H groups in total. The molecule has 3 nitrogen and oxygen atoms in total. The quantitative estimate of drug-likeness (QED) is 0.760. The number of alkyl halides is 1. The number of carbonyl (C=O) groups excluding carboxylic acids is 1. The van der Waals surface area contributed by atoms with E-state index < -0.39 is 5.82 Å². The van der Waals surface area contributed by atoms with Gasteiger partial charge < -0.3 is 9.64 Å². The average Bonchev–Trinajstić information content (AvgIpc) is 2.31. The summed E-state index contributed by atoms with van der Waals surface area (Å²) in [6.45, 7) is 2.54. The molecule has 0 radical (unpaired) electrons. The first-order valence-corrected chi connectivity index (χ1v) is 5.83. The number of benzene rings is 1. The maximum absolute atomic E-state index is 13.5. The van der Waals surface area contributed by atoms with Gasteiger partial charge >= 0.3 is 0 Å². The molecule has 1 aromatic carbocycles. The van der Waals surface area contributed by atoms with E-state index in [0.29, 0.717) is 18.7 Å². The van der Waals surface area contributed by atoms with E-state index in [1.54, 1.807) is 26.1 Å². The highest BCUT2D eigenvalue weighted by Gasteiger charge is 2.09. The Kier molecular flexibility index (Phi) is 5.22. The van der Waals surface area contributed by atoms with Gasteiger partial charge in [-0.3, -0.25) is 4.79 Å². The third-order valence-corrected chi connectivity index (χ3v) is 2.48. The van der Waals surface area contributed by atoms with Crippen molar-refractivity contribution in [3.8, 4) is 5.75 Å². The zero-order valence-corrected chi connectivity index (χ0v) is 10.6. The van der Waals surface area contributed by atoms with Crippen LogP contribution in [0.2, 0.25) is 0 Å². The van der Waals surface area contributed by atoms with Crippen LogP contribution in [0.5, 0.6) is 5.75 Å². The van der Waals surface area contributed by atoms with Gasteiger partial charge in [0.25, 0.3) is 0 Å². The van der Waals surface area contributed by atoms with Crippen LogP contribution in [-0.4, -0.2) is 30.3 Å². The lowest BCUT2D eigenvalue weighted by atomic mass is 10.2. The lowest BCUT2D eigenvalue weighted by Gasteiger charge is -2.16. The van der Waals surface area contributed by atoms with Gasteiger partial charge in [-0.15, -0.1) is 11.6 Å². The molecule has 0 saturated carbocycles. The standard InChI is InChI=1S/C12H15ClFNO2/c1-3-17-11-5-4-9(6-10(11)14)8-15(2)12(16)7-13/h4-6H,3,7-8H2,1-2H3. The number of ether oxygens (including phenoxy) is 1. The minimum Gasteiger partial charge on any atom is -0.491 e. The third kappa shape index (κ3) is 3.89. The molecule has 0 saturated heterocycles. The van der Waals surface area contributed by atoms with Crippen LogP contribution in [0.1, 0.15) is 12.5 Å².